The monoisotopic (exact) mass is 415 g/mol. The van der Waals surface area contributed by atoms with Crippen LogP contribution in [0, 0.1) is 0 Å². The van der Waals surface area contributed by atoms with Gasteiger partial charge in [0.1, 0.15) is 28.2 Å². The Labute approximate surface area is 170 Å². The first-order chi connectivity index (χ1) is 13.6. The fourth-order valence-electron chi connectivity index (χ4n) is 2.64. The van der Waals surface area contributed by atoms with Crippen molar-refractivity contribution >= 4 is 33.3 Å². The molecule has 1 aliphatic rings. The molecule has 1 N–H and O–H groups in total. The van der Waals surface area contributed by atoms with Crippen LogP contribution in [0.3, 0.4) is 0 Å². The molecule has 9 heteroatoms. The van der Waals surface area contributed by atoms with Gasteiger partial charge in [-0.3, -0.25) is 4.98 Å². The average Bonchev–Trinajstić information content (AvgIpc) is 3.09. The summed E-state index contributed by atoms with van der Waals surface area (Å²) in [5.74, 6) is 1.31. The van der Waals surface area contributed by atoms with Crippen LogP contribution in [-0.4, -0.2) is 42.7 Å². The zero-order valence-electron chi connectivity index (χ0n) is 15.7. The summed E-state index contributed by atoms with van der Waals surface area (Å²) in [5, 5.41) is 5.82. The van der Waals surface area contributed by atoms with Crippen molar-refractivity contribution in [2.24, 2.45) is 0 Å². The van der Waals surface area contributed by atoms with Crippen LogP contribution in [0.1, 0.15) is 20.3 Å². The lowest BCUT2D eigenvalue weighted by Crippen LogP contribution is -2.38. The quantitative estimate of drug-likeness (QED) is 0.631. The molecule has 1 unspecified atom stereocenters. The van der Waals surface area contributed by atoms with E-state index in [1.54, 1.807) is 18.5 Å². The van der Waals surface area contributed by atoms with Gasteiger partial charge >= 0.3 is 0 Å². The lowest BCUT2D eigenvalue weighted by atomic mass is 10.3. The van der Waals surface area contributed by atoms with E-state index in [2.05, 4.69) is 20.3 Å². The van der Waals surface area contributed by atoms with Gasteiger partial charge < -0.3 is 10.1 Å². The first-order valence-corrected chi connectivity index (χ1v) is 11.1. The predicted molar refractivity (Wildman–Crippen MR) is 111 cm³/mol. The number of aromatic nitrogens is 3. The molecule has 146 valence electrons. The molecule has 1 atom stereocenters. The smallest absolute Gasteiger partial charge is 0.188 e. The Kier molecular flexibility index (Phi) is 5.65. The van der Waals surface area contributed by atoms with Crippen molar-refractivity contribution in [2.45, 2.75) is 31.3 Å². The zero-order valence-corrected chi connectivity index (χ0v) is 17.3. The highest BCUT2D eigenvalue weighted by Gasteiger charge is 2.24. The van der Waals surface area contributed by atoms with E-state index in [4.69, 9.17) is 4.74 Å². The number of hydrogen-bond donors (Lipinski definition) is 1. The van der Waals surface area contributed by atoms with Crippen molar-refractivity contribution in [1.82, 2.24) is 19.3 Å². The first-order valence-electron chi connectivity index (χ1n) is 9.07. The SMILES string of the molecule is CC(C)Oc1ccc(-c2csc(Nc3ncccc3S(=O)N3CCC3)n2)nc1. The molecule has 0 radical (unpaired) electrons. The normalized spacial score (nSPS) is 15.2. The van der Waals surface area contributed by atoms with E-state index < -0.39 is 11.0 Å². The highest BCUT2D eigenvalue weighted by atomic mass is 32.2. The number of nitrogens with one attached hydrogen (secondary N) is 1. The first kappa shape index (κ1) is 19.0. The molecule has 1 saturated heterocycles. The molecule has 0 bridgehead atoms. The molecule has 0 amide bonds. The fraction of sp³-hybridized carbons (Fsp3) is 0.316. The molecule has 0 aliphatic carbocycles. The van der Waals surface area contributed by atoms with Crippen molar-refractivity contribution in [1.29, 1.82) is 0 Å². The summed E-state index contributed by atoms with van der Waals surface area (Å²) < 4.78 is 20.2. The molecule has 0 saturated carbocycles. The number of nitrogens with zero attached hydrogens (tertiary/aromatic N) is 4. The number of hydrogen-bond acceptors (Lipinski definition) is 7. The minimum Gasteiger partial charge on any atom is -0.489 e. The summed E-state index contributed by atoms with van der Waals surface area (Å²) in [5.41, 5.74) is 1.54. The Morgan fingerprint density at radius 2 is 2.07 bits per heavy atom. The van der Waals surface area contributed by atoms with Gasteiger partial charge in [-0.1, -0.05) is 0 Å². The molecule has 4 heterocycles. The Hall–Kier alpha value is -2.36. The standard InChI is InChI=1S/C19H21N5O2S2/c1-13(2)26-14-6-7-15(21-11-14)16-12-27-19(22-16)23-18-17(5-3-8-20-18)28(25)24-9-4-10-24/h3,5-8,11-13H,4,9-10H2,1-2H3,(H,20,22,23). The molecule has 0 spiro atoms. The van der Waals surface area contributed by atoms with Gasteiger partial charge in [-0.2, -0.15) is 0 Å². The van der Waals surface area contributed by atoms with Gasteiger partial charge in [-0.05, 0) is 44.5 Å². The van der Waals surface area contributed by atoms with Crippen LogP contribution in [0.25, 0.3) is 11.4 Å². The molecule has 3 aromatic heterocycles. The van der Waals surface area contributed by atoms with Crippen molar-refractivity contribution < 1.29 is 8.95 Å². The Bertz CT molecular complexity index is 970. The van der Waals surface area contributed by atoms with E-state index in [-0.39, 0.29) is 6.10 Å². The minimum atomic E-state index is -1.20. The van der Waals surface area contributed by atoms with Gasteiger partial charge in [0.2, 0.25) is 0 Å². The molecule has 3 aromatic rings. The van der Waals surface area contributed by atoms with Gasteiger partial charge in [0, 0.05) is 24.7 Å². The molecule has 1 fully saturated rings. The van der Waals surface area contributed by atoms with E-state index in [0.717, 1.165) is 36.6 Å². The molecule has 28 heavy (non-hydrogen) atoms. The van der Waals surface area contributed by atoms with Gasteiger partial charge in [0.25, 0.3) is 0 Å². The molecule has 4 rings (SSSR count). The maximum Gasteiger partial charge on any atom is 0.188 e. The lowest BCUT2D eigenvalue weighted by Gasteiger charge is -2.29. The topological polar surface area (TPSA) is 80.2 Å². The van der Waals surface area contributed by atoms with E-state index in [0.29, 0.717) is 15.8 Å². The van der Waals surface area contributed by atoms with Crippen LogP contribution in [0.15, 0.2) is 46.9 Å². The van der Waals surface area contributed by atoms with Gasteiger partial charge in [0.05, 0.1) is 22.9 Å². The van der Waals surface area contributed by atoms with E-state index in [1.807, 2.05) is 41.7 Å². The third-order valence-corrected chi connectivity index (χ3v) is 6.41. The molecular formula is C19H21N5O2S2. The molecule has 0 aromatic carbocycles. The Morgan fingerprint density at radius 1 is 1.21 bits per heavy atom. The second kappa shape index (κ2) is 8.34. The predicted octanol–water partition coefficient (Wildman–Crippen LogP) is 3.86. The zero-order chi connectivity index (χ0) is 19.5. The van der Waals surface area contributed by atoms with Crippen LogP contribution in [0.4, 0.5) is 10.9 Å². The third kappa shape index (κ3) is 4.21. The minimum absolute atomic E-state index is 0.108. The number of ether oxygens (including phenoxy) is 1. The van der Waals surface area contributed by atoms with Crippen LogP contribution in [0.5, 0.6) is 5.75 Å². The van der Waals surface area contributed by atoms with Crippen LogP contribution in [-0.2, 0) is 11.0 Å². The fourth-order valence-corrected chi connectivity index (χ4v) is 4.68. The number of pyridine rings is 2. The second-order valence-corrected chi connectivity index (χ2v) is 8.90. The highest BCUT2D eigenvalue weighted by Crippen LogP contribution is 2.29. The number of rotatable bonds is 7. The summed E-state index contributed by atoms with van der Waals surface area (Å²) in [6.45, 7) is 5.66. The summed E-state index contributed by atoms with van der Waals surface area (Å²) in [6, 6.07) is 7.42. The van der Waals surface area contributed by atoms with Gasteiger partial charge in [-0.25, -0.2) is 18.5 Å². The highest BCUT2D eigenvalue weighted by molar-refractivity contribution is 7.82. The average molecular weight is 416 g/mol. The third-order valence-electron chi connectivity index (χ3n) is 4.11. The summed E-state index contributed by atoms with van der Waals surface area (Å²) in [4.78, 5) is 14.1. The van der Waals surface area contributed by atoms with Crippen molar-refractivity contribution in [3.05, 3.63) is 42.0 Å². The maximum atomic E-state index is 12.7. The van der Waals surface area contributed by atoms with E-state index in [9.17, 15) is 4.21 Å². The Balaban J connectivity index is 1.50. The molecule has 1 aliphatic heterocycles. The van der Waals surface area contributed by atoms with Crippen LogP contribution in [0.2, 0.25) is 0 Å². The molecule has 7 nitrogen and oxygen atoms in total. The van der Waals surface area contributed by atoms with Crippen molar-refractivity contribution in [2.75, 3.05) is 18.4 Å². The largest absolute Gasteiger partial charge is 0.489 e. The number of thiazole rings is 1. The Morgan fingerprint density at radius 3 is 2.75 bits per heavy atom. The van der Waals surface area contributed by atoms with Crippen LogP contribution >= 0.6 is 11.3 Å². The molecular weight excluding hydrogens is 394 g/mol. The van der Waals surface area contributed by atoms with E-state index in [1.165, 1.54) is 11.3 Å². The van der Waals surface area contributed by atoms with Crippen molar-refractivity contribution in [3.63, 3.8) is 0 Å². The van der Waals surface area contributed by atoms with E-state index >= 15 is 0 Å². The van der Waals surface area contributed by atoms with Gasteiger partial charge in [-0.15, -0.1) is 11.3 Å². The second-order valence-electron chi connectivity index (χ2n) is 6.59. The summed E-state index contributed by atoms with van der Waals surface area (Å²) in [7, 11) is -1.20. The van der Waals surface area contributed by atoms with Gasteiger partial charge in [0.15, 0.2) is 5.13 Å². The summed E-state index contributed by atoms with van der Waals surface area (Å²) >= 11 is 1.46. The maximum absolute atomic E-state index is 12.7. The van der Waals surface area contributed by atoms with Crippen LogP contribution < -0.4 is 10.1 Å². The summed E-state index contributed by atoms with van der Waals surface area (Å²) in [6.07, 6.45) is 4.58. The lowest BCUT2D eigenvalue weighted by molar-refractivity contribution is 0.241. The number of anilines is 2. The van der Waals surface area contributed by atoms with Crippen molar-refractivity contribution in [3.8, 4) is 17.1 Å².